The molecule has 1 amide bonds. The van der Waals surface area contributed by atoms with E-state index in [0.29, 0.717) is 0 Å². The van der Waals surface area contributed by atoms with Crippen molar-refractivity contribution in [1.82, 2.24) is 0 Å². The molecule has 3 rings (SSSR count). The van der Waals surface area contributed by atoms with Crippen LogP contribution in [0, 0.1) is 23.7 Å². The quantitative estimate of drug-likeness (QED) is 0.656. The fourth-order valence-corrected chi connectivity index (χ4v) is 2.70. The molecule has 0 saturated heterocycles. The molecule has 1 fully saturated rings. The number of carbonyl (C=O) groups is 1. The molecule has 0 bridgehead atoms. The summed E-state index contributed by atoms with van der Waals surface area (Å²) in [6, 6.07) is 3.94. The van der Waals surface area contributed by atoms with Crippen LogP contribution in [0.25, 0.3) is 0 Å². The van der Waals surface area contributed by atoms with Crippen molar-refractivity contribution in [2.45, 2.75) is 25.1 Å². The number of anilines is 1. The molecule has 7 heteroatoms. The lowest BCUT2D eigenvalue weighted by molar-refractivity contribution is -0.240. The molecule has 1 saturated carbocycles. The minimum Gasteiger partial charge on any atom is -0.415 e. The number of carbonyl (C=O) groups excluding carboxylic acids is 1. The van der Waals surface area contributed by atoms with Gasteiger partial charge in [-0.1, -0.05) is 24.4 Å². The Morgan fingerprint density at radius 3 is 2.65 bits per heavy atom. The Morgan fingerprint density at radius 1 is 1.43 bits per heavy atom. The molecule has 1 aliphatic heterocycles. The fraction of sp³-hybridized carbons (Fsp3) is 0.438. The second-order valence-electron chi connectivity index (χ2n) is 5.86. The Hall–Kier alpha value is -1.87. The Bertz CT molecular complexity index is 737. The van der Waals surface area contributed by atoms with Gasteiger partial charge in [0.25, 0.3) is 5.60 Å². The van der Waals surface area contributed by atoms with Gasteiger partial charge in [-0.25, -0.2) is 4.79 Å². The topological polar surface area (TPSA) is 29.5 Å². The Balaban J connectivity index is 2.22. The lowest BCUT2D eigenvalue weighted by Crippen LogP contribution is -2.52. The van der Waals surface area contributed by atoms with Gasteiger partial charge in [-0.15, -0.1) is 0 Å². The minimum atomic E-state index is -4.88. The summed E-state index contributed by atoms with van der Waals surface area (Å²) in [6.45, 7) is 1.91. The van der Waals surface area contributed by atoms with Crippen LogP contribution in [0.15, 0.2) is 18.2 Å². The molecule has 0 N–H and O–H groups in total. The Morgan fingerprint density at radius 2 is 2.09 bits per heavy atom. The maximum absolute atomic E-state index is 13.8. The van der Waals surface area contributed by atoms with Gasteiger partial charge < -0.3 is 4.74 Å². The van der Waals surface area contributed by atoms with Crippen molar-refractivity contribution in [3.8, 4) is 11.8 Å². The van der Waals surface area contributed by atoms with E-state index in [4.69, 9.17) is 16.3 Å². The normalized spacial score (nSPS) is 29.3. The predicted molar refractivity (Wildman–Crippen MR) is 79.1 cm³/mol. The van der Waals surface area contributed by atoms with Crippen molar-refractivity contribution in [2.24, 2.45) is 11.8 Å². The molecule has 2 aliphatic rings. The van der Waals surface area contributed by atoms with E-state index in [1.54, 1.807) is 0 Å². The zero-order chi connectivity index (χ0) is 17.0. The molecule has 0 radical (unpaired) electrons. The van der Waals surface area contributed by atoms with Crippen LogP contribution < -0.4 is 4.90 Å². The van der Waals surface area contributed by atoms with Gasteiger partial charge in [-0.05, 0) is 36.5 Å². The number of ether oxygens (including phenoxy) is 1. The van der Waals surface area contributed by atoms with E-state index in [1.165, 1.54) is 19.2 Å². The van der Waals surface area contributed by atoms with E-state index in [1.807, 2.05) is 6.92 Å². The summed E-state index contributed by atoms with van der Waals surface area (Å²) in [4.78, 5) is 12.9. The third kappa shape index (κ3) is 2.53. The summed E-state index contributed by atoms with van der Waals surface area (Å²) in [5, 5.41) is 0.116. The number of alkyl halides is 3. The monoisotopic (exact) mass is 343 g/mol. The van der Waals surface area contributed by atoms with Gasteiger partial charge in [0.2, 0.25) is 0 Å². The molecule has 122 valence electrons. The number of cyclic esters (lactones) is 1. The van der Waals surface area contributed by atoms with Crippen LogP contribution in [0.1, 0.15) is 18.9 Å². The van der Waals surface area contributed by atoms with Gasteiger partial charge >= 0.3 is 12.3 Å². The average molecular weight is 344 g/mol. The van der Waals surface area contributed by atoms with Gasteiger partial charge in [-0.2, -0.15) is 13.2 Å². The highest BCUT2D eigenvalue weighted by Gasteiger charge is 2.62. The minimum absolute atomic E-state index is 0.0844. The molecule has 23 heavy (non-hydrogen) atoms. The molecule has 1 aromatic carbocycles. The third-order valence-corrected chi connectivity index (χ3v) is 4.39. The van der Waals surface area contributed by atoms with Gasteiger partial charge in [0.15, 0.2) is 0 Å². The highest BCUT2D eigenvalue weighted by Crippen LogP contribution is 2.49. The number of hydrogen-bond acceptors (Lipinski definition) is 2. The molecule has 1 aliphatic carbocycles. The highest BCUT2D eigenvalue weighted by atomic mass is 35.5. The number of fused-ring (bicyclic) bond motifs is 1. The molecule has 2 unspecified atom stereocenters. The largest absolute Gasteiger partial charge is 0.445 e. The average Bonchev–Trinajstić information content (AvgIpc) is 3.16. The first-order valence-corrected chi connectivity index (χ1v) is 7.39. The Kier molecular flexibility index (Phi) is 3.53. The second-order valence-corrected chi connectivity index (χ2v) is 6.29. The maximum atomic E-state index is 13.8. The molecule has 1 heterocycles. The van der Waals surface area contributed by atoms with Crippen molar-refractivity contribution in [3.63, 3.8) is 0 Å². The number of hydrogen-bond donors (Lipinski definition) is 0. The van der Waals surface area contributed by atoms with Crippen molar-refractivity contribution in [1.29, 1.82) is 0 Å². The van der Waals surface area contributed by atoms with Gasteiger partial charge in [0.1, 0.15) is 0 Å². The van der Waals surface area contributed by atoms with E-state index >= 15 is 0 Å². The van der Waals surface area contributed by atoms with E-state index in [0.717, 1.165) is 17.4 Å². The lowest BCUT2D eigenvalue weighted by atomic mass is 9.89. The first-order valence-electron chi connectivity index (χ1n) is 7.02. The first-order chi connectivity index (χ1) is 10.7. The lowest BCUT2D eigenvalue weighted by Gasteiger charge is -2.39. The van der Waals surface area contributed by atoms with Crippen molar-refractivity contribution in [3.05, 3.63) is 28.8 Å². The number of nitrogens with zero attached hydrogens (tertiary/aromatic N) is 1. The van der Waals surface area contributed by atoms with E-state index in [2.05, 4.69) is 11.8 Å². The molecular weight excluding hydrogens is 331 g/mol. The van der Waals surface area contributed by atoms with Crippen LogP contribution in [0.4, 0.5) is 23.7 Å². The predicted octanol–water partition coefficient (Wildman–Crippen LogP) is 4.34. The van der Waals surface area contributed by atoms with E-state index in [9.17, 15) is 18.0 Å². The molecule has 3 atom stereocenters. The summed E-state index contributed by atoms with van der Waals surface area (Å²) in [5.74, 6) is 4.97. The second kappa shape index (κ2) is 5.07. The fourth-order valence-electron chi connectivity index (χ4n) is 2.53. The molecule has 3 nitrogen and oxygen atoms in total. The molecule has 0 aromatic heterocycles. The van der Waals surface area contributed by atoms with E-state index < -0.39 is 17.9 Å². The van der Waals surface area contributed by atoms with Gasteiger partial charge in [0, 0.05) is 23.6 Å². The summed E-state index contributed by atoms with van der Waals surface area (Å²) >= 11 is 5.86. The van der Waals surface area contributed by atoms with Crippen LogP contribution in [0.3, 0.4) is 0 Å². The number of amides is 1. The SMILES string of the molecule is CC1CC1C#C[C@]1(C(F)(F)F)OC(=O)N(C)c2ccc(Cl)cc21. The molecular formula is C16H13ClF3NO2. The maximum Gasteiger partial charge on any atom is 0.445 e. The molecule has 0 spiro atoms. The number of halogens is 4. The third-order valence-electron chi connectivity index (χ3n) is 4.16. The number of benzene rings is 1. The van der Waals surface area contributed by atoms with Crippen molar-refractivity contribution >= 4 is 23.4 Å². The summed E-state index contributed by atoms with van der Waals surface area (Å²) in [5.41, 5.74) is -3.17. The van der Waals surface area contributed by atoms with Crippen molar-refractivity contribution < 1.29 is 22.7 Å². The zero-order valence-electron chi connectivity index (χ0n) is 12.4. The standard InChI is InChI=1S/C16H13ClF3NO2/c1-9-7-10(9)5-6-15(16(18,19)20)12-8-11(17)3-4-13(12)21(2)14(22)23-15/h3-4,8-10H,7H2,1-2H3/t9?,10?,15-/m0/s1. The van der Waals surface area contributed by atoms with Gasteiger partial charge in [-0.3, -0.25) is 4.90 Å². The molecule has 1 aromatic rings. The van der Waals surface area contributed by atoms with E-state index in [-0.39, 0.29) is 28.1 Å². The summed E-state index contributed by atoms with van der Waals surface area (Å²) in [7, 11) is 1.34. The summed E-state index contributed by atoms with van der Waals surface area (Å²) in [6.07, 6.45) is -5.23. The van der Waals surface area contributed by atoms with Crippen molar-refractivity contribution in [2.75, 3.05) is 11.9 Å². The zero-order valence-corrected chi connectivity index (χ0v) is 13.1. The van der Waals surface area contributed by atoms with Gasteiger partial charge in [0.05, 0.1) is 5.69 Å². The van der Waals surface area contributed by atoms with Crippen LogP contribution in [-0.4, -0.2) is 19.3 Å². The number of rotatable bonds is 0. The van der Waals surface area contributed by atoms with Crippen LogP contribution in [-0.2, 0) is 10.3 Å². The first kappa shape index (κ1) is 16.0. The summed E-state index contributed by atoms with van der Waals surface area (Å²) < 4.78 is 46.3. The Labute approximate surface area is 136 Å². The smallest absolute Gasteiger partial charge is 0.415 e. The van der Waals surface area contributed by atoms with Crippen LogP contribution >= 0.6 is 11.6 Å². The highest BCUT2D eigenvalue weighted by molar-refractivity contribution is 6.30. The van der Waals surface area contributed by atoms with Crippen LogP contribution in [0.5, 0.6) is 0 Å². The van der Waals surface area contributed by atoms with Crippen LogP contribution in [0.2, 0.25) is 5.02 Å².